The highest BCUT2D eigenvalue weighted by Crippen LogP contribution is 1.90. The van der Waals surface area contributed by atoms with Crippen LogP contribution in [0.4, 0.5) is 0 Å². The summed E-state index contributed by atoms with van der Waals surface area (Å²) < 4.78 is 0.571. The summed E-state index contributed by atoms with van der Waals surface area (Å²) in [4.78, 5) is 34.4. The minimum absolute atomic E-state index is 0.108. The van der Waals surface area contributed by atoms with E-state index in [0.717, 1.165) is 6.07 Å². The first kappa shape index (κ1) is 9.59. The molecule has 1 aromatic heterocycles. The van der Waals surface area contributed by atoms with Crippen LogP contribution in [-0.4, -0.2) is 20.6 Å². The third-order valence-corrected chi connectivity index (χ3v) is 1.54. The van der Waals surface area contributed by atoms with Crippen molar-refractivity contribution in [1.29, 1.82) is 0 Å². The number of nitrogens with zero attached hydrogens (tertiary/aromatic N) is 1. The van der Waals surface area contributed by atoms with E-state index in [4.69, 9.17) is 5.11 Å². The lowest BCUT2D eigenvalue weighted by atomic mass is 10.5. The summed E-state index contributed by atoms with van der Waals surface area (Å²) in [6, 6.07) is 1.04. The minimum atomic E-state index is -1.25. The molecule has 0 saturated carbocycles. The third-order valence-electron chi connectivity index (χ3n) is 1.30. The lowest BCUT2D eigenvalue weighted by molar-refractivity contribution is -0.137. The van der Waals surface area contributed by atoms with Gasteiger partial charge in [-0.15, -0.1) is 12.6 Å². The molecule has 0 fully saturated rings. The van der Waals surface area contributed by atoms with Gasteiger partial charge in [0, 0.05) is 6.07 Å². The summed E-state index contributed by atoms with van der Waals surface area (Å²) in [5.41, 5.74) is -1.46. The van der Waals surface area contributed by atoms with Crippen LogP contribution >= 0.6 is 12.6 Å². The smallest absolute Gasteiger partial charge is 0.329 e. The van der Waals surface area contributed by atoms with E-state index in [2.05, 4.69) is 17.6 Å². The highest BCUT2D eigenvalue weighted by Gasteiger charge is 2.05. The molecule has 13 heavy (non-hydrogen) atoms. The molecule has 0 aromatic carbocycles. The number of hydrogen-bond donors (Lipinski definition) is 3. The Morgan fingerprint density at radius 1 is 1.62 bits per heavy atom. The molecule has 0 amide bonds. The molecule has 7 heteroatoms. The number of carboxylic acid groups (broad SMARTS) is 1. The van der Waals surface area contributed by atoms with Gasteiger partial charge in [0.05, 0.1) is 5.03 Å². The van der Waals surface area contributed by atoms with E-state index >= 15 is 0 Å². The highest BCUT2D eigenvalue weighted by atomic mass is 32.1. The minimum Gasteiger partial charge on any atom is -0.480 e. The van der Waals surface area contributed by atoms with Crippen molar-refractivity contribution in [2.75, 3.05) is 0 Å². The van der Waals surface area contributed by atoms with Crippen molar-refractivity contribution in [2.24, 2.45) is 0 Å². The van der Waals surface area contributed by atoms with Crippen molar-refractivity contribution in [3.8, 4) is 0 Å². The maximum atomic E-state index is 11.0. The molecular weight excluding hydrogens is 196 g/mol. The molecule has 0 unspecified atom stereocenters. The van der Waals surface area contributed by atoms with Crippen LogP contribution in [0.25, 0.3) is 0 Å². The van der Waals surface area contributed by atoms with E-state index in [9.17, 15) is 14.4 Å². The Kier molecular flexibility index (Phi) is 2.57. The van der Waals surface area contributed by atoms with Gasteiger partial charge >= 0.3 is 11.7 Å². The molecule has 0 aliphatic rings. The van der Waals surface area contributed by atoms with E-state index in [1.54, 1.807) is 0 Å². The Balaban J connectivity index is 3.30. The van der Waals surface area contributed by atoms with Crippen LogP contribution < -0.4 is 11.2 Å². The van der Waals surface area contributed by atoms with Gasteiger partial charge in [-0.05, 0) is 0 Å². The number of nitrogens with one attached hydrogen (secondary N) is 1. The van der Waals surface area contributed by atoms with Gasteiger partial charge in [-0.3, -0.25) is 9.59 Å². The second-order valence-electron chi connectivity index (χ2n) is 2.28. The molecule has 0 radical (unpaired) electrons. The summed E-state index contributed by atoms with van der Waals surface area (Å²) in [6.07, 6.45) is 0. The van der Waals surface area contributed by atoms with E-state index in [-0.39, 0.29) is 5.03 Å². The summed E-state index contributed by atoms with van der Waals surface area (Å²) in [7, 11) is 0. The first-order valence-corrected chi connectivity index (χ1v) is 3.70. The summed E-state index contributed by atoms with van der Waals surface area (Å²) in [5, 5.41) is 8.46. The SMILES string of the molecule is O=C(O)Cn1c(=O)cc(S)[nH]c1=O. The van der Waals surface area contributed by atoms with Crippen LogP contribution in [0.1, 0.15) is 0 Å². The summed E-state index contributed by atoms with van der Waals surface area (Å²) in [6.45, 7) is -0.651. The number of thiol groups is 1. The molecule has 0 bridgehead atoms. The number of carboxylic acids is 1. The molecule has 0 saturated heterocycles. The van der Waals surface area contributed by atoms with E-state index in [0.29, 0.717) is 4.57 Å². The second kappa shape index (κ2) is 3.48. The number of aromatic nitrogens is 2. The normalized spacial score (nSPS) is 9.92. The molecular formula is C6H6N2O4S. The molecule has 0 aliphatic carbocycles. The van der Waals surface area contributed by atoms with Gasteiger partial charge in [-0.1, -0.05) is 0 Å². The monoisotopic (exact) mass is 202 g/mol. The molecule has 70 valence electrons. The molecule has 1 aromatic rings. The Hall–Kier alpha value is -1.50. The van der Waals surface area contributed by atoms with Crippen LogP contribution in [0.5, 0.6) is 0 Å². The molecule has 0 atom stereocenters. The fourth-order valence-electron chi connectivity index (χ4n) is 0.793. The average molecular weight is 202 g/mol. The Labute approximate surface area is 77.2 Å². The molecule has 0 spiro atoms. The van der Waals surface area contributed by atoms with Crippen LogP contribution in [0, 0.1) is 0 Å². The number of hydrogen-bond acceptors (Lipinski definition) is 4. The first-order valence-electron chi connectivity index (χ1n) is 3.25. The van der Waals surface area contributed by atoms with Crippen LogP contribution in [0.3, 0.4) is 0 Å². The van der Waals surface area contributed by atoms with Gasteiger partial charge in [0.1, 0.15) is 6.54 Å². The van der Waals surface area contributed by atoms with E-state index in [1.807, 2.05) is 0 Å². The second-order valence-corrected chi connectivity index (χ2v) is 2.76. The Morgan fingerprint density at radius 3 is 2.69 bits per heavy atom. The van der Waals surface area contributed by atoms with Crippen molar-refractivity contribution in [3.05, 3.63) is 26.9 Å². The zero-order valence-electron chi connectivity index (χ0n) is 6.35. The fraction of sp³-hybridized carbons (Fsp3) is 0.167. The topological polar surface area (TPSA) is 92.2 Å². The largest absolute Gasteiger partial charge is 0.480 e. The number of rotatable bonds is 2. The van der Waals surface area contributed by atoms with E-state index in [1.165, 1.54) is 0 Å². The van der Waals surface area contributed by atoms with Crippen LogP contribution in [0.15, 0.2) is 20.7 Å². The number of carbonyl (C=O) groups is 1. The molecule has 6 nitrogen and oxygen atoms in total. The van der Waals surface area contributed by atoms with Gasteiger partial charge in [0.25, 0.3) is 5.56 Å². The van der Waals surface area contributed by atoms with Gasteiger partial charge in [0.2, 0.25) is 0 Å². The lowest BCUT2D eigenvalue weighted by Crippen LogP contribution is -2.36. The van der Waals surface area contributed by atoms with Crippen molar-refractivity contribution < 1.29 is 9.90 Å². The third kappa shape index (κ3) is 2.22. The zero-order valence-corrected chi connectivity index (χ0v) is 7.25. The number of H-pyrrole nitrogens is 1. The fourth-order valence-corrected chi connectivity index (χ4v) is 0.999. The lowest BCUT2D eigenvalue weighted by Gasteiger charge is -1.99. The zero-order chi connectivity index (χ0) is 10.0. The Bertz CT molecular complexity index is 415. The van der Waals surface area contributed by atoms with Crippen molar-refractivity contribution in [2.45, 2.75) is 11.6 Å². The van der Waals surface area contributed by atoms with Gasteiger partial charge in [0.15, 0.2) is 0 Å². The van der Waals surface area contributed by atoms with Crippen molar-refractivity contribution in [3.63, 3.8) is 0 Å². The predicted octanol–water partition coefficient (Wildman–Crippen LogP) is -1.09. The molecule has 0 aliphatic heterocycles. The summed E-state index contributed by atoms with van der Waals surface area (Å²) >= 11 is 3.75. The van der Waals surface area contributed by atoms with E-state index < -0.39 is 23.8 Å². The molecule has 1 heterocycles. The van der Waals surface area contributed by atoms with Gasteiger partial charge < -0.3 is 10.1 Å². The predicted molar refractivity (Wildman–Crippen MR) is 46.2 cm³/mol. The quantitative estimate of drug-likeness (QED) is 0.419. The Morgan fingerprint density at radius 2 is 2.23 bits per heavy atom. The van der Waals surface area contributed by atoms with Crippen molar-refractivity contribution >= 4 is 18.6 Å². The van der Waals surface area contributed by atoms with Crippen molar-refractivity contribution in [1.82, 2.24) is 9.55 Å². The standard InChI is InChI=1S/C6H6N2O4S/c9-4-1-3(13)7-6(12)8(4)2-5(10)11/h1,13H,2H2,(H,7,12)(H,10,11). The van der Waals surface area contributed by atoms with Crippen LogP contribution in [-0.2, 0) is 11.3 Å². The van der Waals surface area contributed by atoms with Gasteiger partial charge in [-0.25, -0.2) is 9.36 Å². The number of aromatic amines is 1. The molecule has 2 N–H and O–H groups in total. The van der Waals surface area contributed by atoms with Crippen LogP contribution in [0.2, 0.25) is 0 Å². The maximum Gasteiger partial charge on any atom is 0.329 e. The average Bonchev–Trinajstić information content (AvgIpc) is 1.96. The highest BCUT2D eigenvalue weighted by molar-refractivity contribution is 7.80. The van der Waals surface area contributed by atoms with Gasteiger partial charge in [-0.2, -0.15) is 0 Å². The number of aliphatic carboxylic acids is 1. The molecule has 1 rings (SSSR count). The first-order chi connectivity index (χ1) is 6.00. The summed E-state index contributed by atoms with van der Waals surface area (Å²) in [5.74, 6) is -1.25. The maximum absolute atomic E-state index is 11.0.